The summed E-state index contributed by atoms with van der Waals surface area (Å²) >= 11 is 5.49. The molecule has 0 unspecified atom stereocenters. The molecule has 4 heteroatoms. The van der Waals surface area contributed by atoms with E-state index in [1.54, 1.807) is 7.11 Å². The average Bonchev–Trinajstić information content (AvgIpc) is 1.98. The van der Waals surface area contributed by atoms with Gasteiger partial charge in [-0.1, -0.05) is 0 Å². The highest BCUT2D eigenvalue weighted by Gasteiger charge is 2.05. The number of rotatable bonds is 6. The van der Waals surface area contributed by atoms with Gasteiger partial charge in [0, 0.05) is 19.6 Å². The van der Waals surface area contributed by atoms with Crippen LogP contribution in [0.25, 0.3) is 0 Å². The maximum Gasteiger partial charge on any atom is 0.146 e. The molecule has 10 heavy (non-hydrogen) atoms. The van der Waals surface area contributed by atoms with Gasteiger partial charge < -0.3 is 14.6 Å². The summed E-state index contributed by atoms with van der Waals surface area (Å²) in [5.41, 5.74) is 0. The van der Waals surface area contributed by atoms with Crippen molar-refractivity contribution in [3.05, 3.63) is 0 Å². The van der Waals surface area contributed by atoms with Crippen LogP contribution in [0.2, 0.25) is 0 Å². The summed E-state index contributed by atoms with van der Waals surface area (Å²) in [5, 5.41) is 8.49. The number of aliphatic hydroxyl groups excluding tert-OH is 1. The summed E-state index contributed by atoms with van der Waals surface area (Å²) in [7, 11) is 1.55. The molecule has 0 aromatic carbocycles. The molecule has 0 aromatic heterocycles. The highest BCUT2D eigenvalue weighted by atomic mass is 35.5. The highest BCUT2D eigenvalue weighted by molar-refractivity contribution is 6.18. The van der Waals surface area contributed by atoms with E-state index in [9.17, 15) is 0 Å². The van der Waals surface area contributed by atoms with Crippen LogP contribution >= 0.6 is 11.6 Å². The van der Waals surface area contributed by atoms with E-state index in [0.717, 1.165) is 0 Å². The molecule has 0 aromatic rings. The van der Waals surface area contributed by atoms with Crippen molar-refractivity contribution in [2.75, 3.05) is 26.4 Å². The molecule has 0 saturated carbocycles. The van der Waals surface area contributed by atoms with Crippen LogP contribution in [0.15, 0.2) is 0 Å². The summed E-state index contributed by atoms with van der Waals surface area (Å²) < 4.78 is 9.72. The van der Waals surface area contributed by atoms with Crippen molar-refractivity contribution >= 4 is 11.6 Å². The Morgan fingerprint density at radius 1 is 1.60 bits per heavy atom. The SMILES string of the molecule is COCO[C@H](CCl)CCO. The lowest BCUT2D eigenvalue weighted by Gasteiger charge is -2.11. The Hall–Kier alpha value is 0.170. The van der Waals surface area contributed by atoms with Crippen molar-refractivity contribution in [3.8, 4) is 0 Å². The van der Waals surface area contributed by atoms with Crippen LogP contribution in [-0.2, 0) is 9.47 Å². The number of aliphatic hydroxyl groups is 1. The Morgan fingerprint density at radius 3 is 2.70 bits per heavy atom. The molecule has 0 bridgehead atoms. The molecular formula is C6H13ClO3. The van der Waals surface area contributed by atoms with E-state index in [1.807, 2.05) is 0 Å². The third-order valence-electron chi connectivity index (χ3n) is 1.04. The summed E-state index contributed by atoms with van der Waals surface area (Å²) in [5.74, 6) is 0.393. The molecule has 0 saturated heterocycles. The van der Waals surface area contributed by atoms with E-state index in [-0.39, 0.29) is 19.5 Å². The topological polar surface area (TPSA) is 38.7 Å². The fourth-order valence-corrected chi connectivity index (χ4v) is 0.757. The number of halogens is 1. The first-order chi connectivity index (χ1) is 4.85. The van der Waals surface area contributed by atoms with Gasteiger partial charge in [-0.15, -0.1) is 11.6 Å². The minimum atomic E-state index is -0.0911. The molecule has 0 aliphatic carbocycles. The smallest absolute Gasteiger partial charge is 0.146 e. The van der Waals surface area contributed by atoms with Gasteiger partial charge in [-0.25, -0.2) is 0 Å². The van der Waals surface area contributed by atoms with Crippen LogP contribution in [0.3, 0.4) is 0 Å². The molecular weight excluding hydrogens is 156 g/mol. The summed E-state index contributed by atoms with van der Waals surface area (Å²) in [6.45, 7) is 0.332. The Kier molecular flexibility index (Phi) is 7.40. The van der Waals surface area contributed by atoms with Crippen LogP contribution in [0, 0.1) is 0 Å². The zero-order valence-electron chi connectivity index (χ0n) is 6.05. The van der Waals surface area contributed by atoms with Gasteiger partial charge in [0.25, 0.3) is 0 Å². The van der Waals surface area contributed by atoms with Crippen LogP contribution in [0.5, 0.6) is 0 Å². The summed E-state index contributed by atoms with van der Waals surface area (Å²) in [6, 6.07) is 0. The summed E-state index contributed by atoms with van der Waals surface area (Å²) in [6.07, 6.45) is 0.471. The fourth-order valence-electron chi connectivity index (χ4n) is 0.513. The van der Waals surface area contributed by atoms with Crippen molar-refractivity contribution in [2.24, 2.45) is 0 Å². The molecule has 1 N–H and O–H groups in total. The standard InChI is InChI=1S/C6H13ClO3/c1-9-5-10-6(4-7)2-3-8/h6,8H,2-5H2,1H3/t6-/m0/s1. The molecule has 0 radical (unpaired) electrons. The lowest BCUT2D eigenvalue weighted by molar-refractivity contribution is -0.0694. The van der Waals surface area contributed by atoms with E-state index in [0.29, 0.717) is 12.3 Å². The molecule has 0 rings (SSSR count). The average molecular weight is 169 g/mol. The molecule has 0 aliphatic heterocycles. The Morgan fingerprint density at radius 2 is 2.30 bits per heavy atom. The van der Waals surface area contributed by atoms with Crippen molar-refractivity contribution in [2.45, 2.75) is 12.5 Å². The fraction of sp³-hybridized carbons (Fsp3) is 1.00. The number of alkyl halides is 1. The Labute approximate surface area is 65.9 Å². The number of hydrogen-bond donors (Lipinski definition) is 1. The maximum atomic E-state index is 8.49. The van der Waals surface area contributed by atoms with Crippen LogP contribution in [0.4, 0.5) is 0 Å². The minimum Gasteiger partial charge on any atom is -0.396 e. The van der Waals surface area contributed by atoms with Gasteiger partial charge in [-0.2, -0.15) is 0 Å². The van der Waals surface area contributed by atoms with E-state index >= 15 is 0 Å². The van der Waals surface area contributed by atoms with Gasteiger partial charge in [-0.05, 0) is 6.42 Å². The quantitative estimate of drug-likeness (QED) is 0.466. The van der Waals surface area contributed by atoms with E-state index in [4.69, 9.17) is 21.4 Å². The first kappa shape index (κ1) is 10.2. The third kappa shape index (κ3) is 4.99. The van der Waals surface area contributed by atoms with E-state index < -0.39 is 0 Å². The molecule has 1 atom stereocenters. The summed E-state index contributed by atoms with van der Waals surface area (Å²) in [4.78, 5) is 0. The Balaban J connectivity index is 3.21. The van der Waals surface area contributed by atoms with Crippen LogP contribution < -0.4 is 0 Å². The third-order valence-corrected chi connectivity index (χ3v) is 1.39. The first-order valence-corrected chi connectivity index (χ1v) is 3.66. The molecule has 62 valence electrons. The number of ether oxygens (including phenoxy) is 2. The second-order valence-electron chi connectivity index (χ2n) is 1.86. The molecule has 3 nitrogen and oxygen atoms in total. The second-order valence-corrected chi connectivity index (χ2v) is 2.17. The van der Waals surface area contributed by atoms with Crippen molar-refractivity contribution in [1.29, 1.82) is 0 Å². The van der Waals surface area contributed by atoms with Gasteiger partial charge in [0.2, 0.25) is 0 Å². The first-order valence-electron chi connectivity index (χ1n) is 3.12. The van der Waals surface area contributed by atoms with Gasteiger partial charge >= 0.3 is 0 Å². The lowest BCUT2D eigenvalue weighted by atomic mass is 10.3. The number of methoxy groups -OCH3 is 1. The molecule has 0 fully saturated rings. The molecule has 0 heterocycles. The largest absolute Gasteiger partial charge is 0.396 e. The molecule has 0 amide bonds. The van der Waals surface area contributed by atoms with Crippen molar-refractivity contribution in [1.82, 2.24) is 0 Å². The van der Waals surface area contributed by atoms with Crippen molar-refractivity contribution in [3.63, 3.8) is 0 Å². The Bertz CT molecular complexity index is 70.0. The number of hydrogen-bond acceptors (Lipinski definition) is 3. The monoisotopic (exact) mass is 168 g/mol. The predicted octanol–water partition coefficient (Wildman–Crippen LogP) is 0.597. The minimum absolute atomic E-state index is 0.0911. The zero-order chi connectivity index (χ0) is 7.82. The zero-order valence-corrected chi connectivity index (χ0v) is 6.80. The highest BCUT2D eigenvalue weighted by Crippen LogP contribution is 1.99. The van der Waals surface area contributed by atoms with E-state index in [2.05, 4.69) is 4.74 Å². The van der Waals surface area contributed by atoms with Crippen LogP contribution in [0.1, 0.15) is 6.42 Å². The lowest BCUT2D eigenvalue weighted by Crippen LogP contribution is -2.17. The molecule has 0 spiro atoms. The van der Waals surface area contributed by atoms with Gasteiger partial charge in [-0.3, -0.25) is 0 Å². The van der Waals surface area contributed by atoms with E-state index in [1.165, 1.54) is 0 Å². The van der Waals surface area contributed by atoms with Crippen molar-refractivity contribution < 1.29 is 14.6 Å². The maximum absolute atomic E-state index is 8.49. The van der Waals surface area contributed by atoms with Gasteiger partial charge in [0.1, 0.15) is 6.79 Å². The van der Waals surface area contributed by atoms with Crippen LogP contribution in [-0.4, -0.2) is 37.6 Å². The molecule has 0 aliphatic rings. The second kappa shape index (κ2) is 7.28. The normalized spacial score (nSPS) is 13.5. The predicted molar refractivity (Wildman–Crippen MR) is 39.2 cm³/mol. The van der Waals surface area contributed by atoms with Gasteiger partial charge in [0.05, 0.1) is 6.10 Å². The van der Waals surface area contributed by atoms with Gasteiger partial charge in [0.15, 0.2) is 0 Å².